The second kappa shape index (κ2) is 12.1. The van der Waals surface area contributed by atoms with Crippen molar-refractivity contribution in [1.29, 1.82) is 0 Å². The molecule has 0 saturated heterocycles. The monoisotopic (exact) mass is 692 g/mol. The molecule has 3 heterocycles. The maximum Gasteiger partial charge on any atom is 0.227 e. The zero-order chi connectivity index (χ0) is 35.6. The Hall–Kier alpha value is -7.44. The van der Waals surface area contributed by atoms with Gasteiger partial charge in [-0.05, 0) is 69.8 Å². The van der Waals surface area contributed by atoms with Gasteiger partial charge >= 0.3 is 0 Å². The average molecular weight is 693 g/mol. The predicted molar refractivity (Wildman–Crippen MR) is 217 cm³/mol. The lowest BCUT2D eigenvalue weighted by atomic mass is 9.91. The average Bonchev–Trinajstić information content (AvgIpc) is 3.86. The van der Waals surface area contributed by atoms with Crippen molar-refractivity contribution in [2.24, 2.45) is 0 Å². The SMILES string of the molecule is c1ccc(-c2nc(-c3ccc4ccccc4c3)nc(-c3c(-c4cccc5ccc6nc(-c7ccccc7)oc6c45)ccc4oc5ccccc5c34)n2)cc1. The fraction of sp³-hybridized carbons (Fsp3) is 0. The number of nitrogens with zero attached hydrogens (tertiary/aromatic N) is 4. The maximum atomic E-state index is 6.64. The van der Waals surface area contributed by atoms with Crippen molar-refractivity contribution in [3.05, 3.63) is 170 Å². The summed E-state index contributed by atoms with van der Waals surface area (Å²) in [7, 11) is 0. The third-order valence-corrected chi connectivity index (χ3v) is 10.2. The van der Waals surface area contributed by atoms with E-state index in [-0.39, 0.29) is 0 Å². The van der Waals surface area contributed by atoms with Crippen molar-refractivity contribution in [3.63, 3.8) is 0 Å². The number of furan rings is 1. The minimum absolute atomic E-state index is 0.547. The van der Waals surface area contributed by atoms with Gasteiger partial charge in [-0.1, -0.05) is 127 Å². The Labute approximate surface area is 309 Å². The molecule has 0 aliphatic heterocycles. The second-order valence-corrected chi connectivity index (χ2v) is 13.4. The molecule has 3 aromatic heterocycles. The molecule has 0 aliphatic rings. The summed E-state index contributed by atoms with van der Waals surface area (Å²) in [5, 5.41) is 6.19. The van der Waals surface area contributed by atoms with Crippen LogP contribution in [-0.4, -0.2) is 19.9 Å². The Kier molecular flexibility index (Phi) is 6.75. The number of hydrogen-bond donors (Lipinski definition) is 0. The number of benzene rings is 8. The predicted octanol–water partition coefficient (Wildman–Crippen LogP) is 12.6. The van der Waals surface area contributed by atoms with Crippen LogP contribution in [0.1, 0.15) is 0 Å². The van der Waals surface area contributed by atoms with Gasteiger partial charge in [0.2, 0.25) is 5.89 Å². The van der Waals surface area contributed by atoms with Crippen LogP contribution in [0, 0.1) is 0 Å². The van der Waals surface area contributed by atoms with Gasteiger partial charge in [-0.25, -0.2) is 19.9 Å². The molecule has 0 amide bonds. The Balaban J connectivity index is 1.24. The van der Waals surface area contributed by atoms with E-state index in [0.29, 0.717) is 23.4 Å². The fourth-order valence-electron chi connectivity index (χ4n) is 7.62. The molecule has 0 aliphatic carbocycles. The molecule has 0 N–H and O–H groups in total. The van der Waals surface area contributed by atoms with Crippen molar-refractivity contribution >= 4 is 54.6 Å². The molecule has 0 radical (unpaired) electrons. The van der Waals surface area contributed by atoms with Gasteiger partial charge < -0.3 is 8.83 Å². The third kappa shape index (κ3) is 4.89. The highest BCUT2D eigenvalue weighted by Crippen LogP contribution is 2.45. The molecule has 11 aromatic rings. The van der Waals surface area contributed by atoms with Gasteiger partial charge in [0.05, 0.1) is 0 Å². The molecule has 0 atom stereocenters. The van der Waals surface area contributed by atoms with Crippen LogP contribution in [-0.2, 0) is 0 Å². The van der Waals surface area contributed by atoms with E-state index in [4.69, 9.17) is 28.8 Å². The molecule has 0 spiro atoms. The second-order valence-electron chi connectivity index (χ2n) is 13.4. The Morgan fingerprint density at radius 2 is 1.06 bits per heavy atom. The largest absolute Gasteiger partial charge is 0.456 e. The summed E-state index contributed by atoms with van der Waals surface area (Å²) < 4.78 is 13.1. The Morgan fingerprint density at radius 1 is 0.370 bits per heavy atom. The van der Waals surface area contributed by atoms with E-state index in [1.54, 1.807) is 0 Å². The summed E-state index contributed by atoms with van der Waals surface area (Å²) in [6.45, 7) is 0. The van der Waals surface area contributed by atoms with Gasteiger partial charge in [-0.15, -0.1) is 0 Å². The summed E-state index contributed by atoms with van der Waals surface area (Å²) >= 11 is 0. The van der Waals surface area contributed by atoms with E-state index in [1.807, 2.05) is 91.0 Å². The van der Waals surface area contributed by atoms with Crippen LogP contribution in [0.4, 0.5) is 0 Å². The molecule has 8 aromatic carbocycles. The molecule has 0 fully saturated rings. The zero-order valence-electron chi connectivity index (χ0n) is 28.8. The molecule has 11 rings (SSSR count). The summed E-state index contributed by atoms with van der Waals surface area (Å²) in [5.41, 5.74) is 8.55. The van der Waals surface area contributed by atoms with Crippen LogP contribution >= 0.6 is 0 Å². The topological polar surface area (TPSA) is 77.8 Å². The van der Waals surface area contributed by atoms with Crippen LogP contribution < -0.4 is 0 Å². The Morgan fingerprint density at radius 3 is 1.91 bits per heavy atom. The van der Waals surface area contributed by atoms with Gasteiger partial charge in [-0.3, -0.25) is 0 Å². The molecular weight excluding hydrogens is 665 g/mol. The highest BCUT2D eigenvalue weighted by Gasteiger charge is 2.24. The molecule has 54 heavy (non-hydrogen) atoms. The molecular formula is C48H28N4O2. The van der Waals surface area contributed by atoms with Gasteiger partial charge in [0.1, 0.15) is 16.7 Å². The molecule has 6 heteroatoms. The van der Waals surface area contributed by atoms with Crippen molar-refractivity contribution in [3.8, 4) is 56.7 Å². The van der Waals surface area contributed by atoms with Crippen molar-refractivity contribution < 1.29 is 8.83 Å². The fourth-order valence-corrected chi connectivity index (χ4v) is 7.62. The minimum Gasteiger partial charge on any atom is -0.456 e. The first-order chi connectivity index (χ1) is 26.7. The standard InChI is InChI=1S/C48H28N4O2/c1-3-13-31(14-4-1)45-50-46(34-23-22-29-12-7-8-17-33(29)28-34)52-47(51-45)43-36(25-27-40-42(43)37-19-9-10-21-39(37)53-40)35-20-11-18-30-24-26-38-44(41(30)35)54-48(49-38)32-15-5-2-6-16-32/h1-28H. The highest BCUT2D eigenvalue weighted by atomic mass is 16.3. The first-order valence-corrected chi connectivity index (χ1v) is 17.9. The van der Waals surface area contributed by atoms with Crippen LogP contribution in [0.5, 0.6) is 0 Å². The van der Waals surface area contributed by atoms with Crippen LogP contribution in [0.2, 0.25) is 0 Å². The van der Waals surface area contributed by atoms with E-state index in [1.165, 1.54) is 0 Å². The first-order valence-electron chi connectivity index (χ1n) is 17.9. The van der Waals surface area contributed by atoms with Crippen LogP contribution in [0.3, 0.4) is 0 Å². The minimum atomic E-state index is 0.547. The zero-order valence-corrected chi connectivity index (χ0v) is 28.8. The van der Waals surface area contributed by atoms with E-state index in [0.717, 1.165) is 88.0 Å². The van der Waals surface area contributed by atoms with Crippen molar-refractivity contribution in [2.45, 2.75) is 0 Å². The maximum absolute atomic E-state index is 6.64. The highest BCUT2D eigenvalue weighted by molar-refractivity contribution is 6.19. The molecule has 0 saturated carbocycles. The summed E-state index contributed by atoms with van der Waals surface area (Å²) in [4.78, 5) is 20.6. The van der Waals surface area contributed by atoms with Crippen LogP contribution in [0.15, 0.2) is 179 Å². The van der Waals surface area contributed by atoms with Gasteiger partial charge in [0.15, 0.2) is 23.1 Å². The van der Waals surface area contributed by atoms with E-state index in [9.17, 15) is 0 Å². The van der Waals surface area contributed by atoms with Crippen LogP contribution in [0.25, 0.3) is 111 Å². The number of fused-ring (bicyclic) bond motifs is 7. The third-order valence-electron chi connectivity index (χ3n) is 10.2. The lowest BCUT2D eigenvalue weighted by molar-refractivity contribution is 0.623. The number of para-hydroxylation sites is 1. The number of oxazole rings is 1. The number of aromatic nitrogens is 4. The van der Waals surface area contributed by atoms with Gasteiger partial charge in [-0.2, -0.15) is 0 Å². The molecule has 6 nitrogen and oxygen atoms in total. The summed E-state index contributed by atoms with van der Waals surface area (Å²) in [5.74, 6) is 2.30. The van der Waals surface area contributed by atoms with E-state index >= 15 is 0 Å². The lowest BCUT2D eigenvalue weighted by Crippen LogP contribution is -2.01. The van der Waals surface area contributed by atoms with Crippen molar-refractivity contribution in [1.82, 2.24) is 19.9 Å². The quantitative estimate of drug-likeness (QED) is 0.179. The molecule has 252 valence electrons. The Bertz CT molecular complexity index is 3220. The number of rotatable bonds is 5. The lowest BCUT2D eigenvalue weighted by Gasteiger charge is -2.15. The number of hydrogen-bond acceptors (Lipinski definition) is 6. The van der Waals surface area contributed by atoms with Gasteiger partial charge in [0, 0.05) is 38.4 Å². The van der Waals surface area contributed by atoms with Gasteiger partial charge in [0.25, 0.3) is 0 Å². The summed E-state index contributed by atoms with van der Waals surface area (Å²) in [6, 6.07) is 57.6. The van der Waals surface area contributed by atoms with E-state index < -0.39 is 0 Å². The normalized spacial score (nSPS) is 11.7. The smallest absolute Gasteiger partial charge is 0.227 e. The summed E-state index contributed by atoms with van der Waals surface area (Å²) in [6.07, 6.45) is 0. The molecule has 0 bridgehead atoms. The first kappa shape index (κ1) is 30.2. The van der Waals surface area contributed by atoms with E-state index in [2.05, 4.69) is 78.9 Å². The molecule has 0 unspecified atom stereocenters. The van der Waals surface area contributed by atoms with Crippen molar-refractivity contribution in [2.75, 3.05) is 0 Å².